The van der Waals surface area contributed by atoms with Crippen LogP contribution in [0.5, 0.6) is 0 Å². The lowest BCUT2D eigenvalue weighted by Gasteiger charge is -2.45. The van der Waals surface area contributed by atoms with Gasteiger partial charge in [0.25, 0.3) is 0 Å². The number of hydrogen-bond donors (Lipinski definition) is 1. The van der Waals surface area contributed by atoms with Crippen LogP contribution in [0.15, 0.2) is 18.2 Å². The first-order chi connectivity index (χ1) is 9.66. The van der Waals surface area contributed by atoms with Crippen molar-refractivity contribution in [3.05, 3.63) is 23.8 Å². The predicted octanol–water partition coefficient (Wildman–Crippen LogP) is 2.62. The molecular weight excluding hydrogens is 252 g/mol. The molecule has 0 spiro atoms. The average Bonchev–Trinajstić information content (AvgIpc) is 2.46. The van der Waals surface area contributed by atoms with E-state index in [0.717, 1.165) is 25.3 Å². The van der Waals surface area contributed by atoms with Crippen LogP contribution in [0.25, 0.3) is 0 Å². The van der Waals surface area contributed by atoms with Crippen molar-refractivity contribution < 1.29 is 9.53 Å². The SMILES string of the molecule is CC(=O)c1ccc(N2CCOC3CCCCC32)cc1N. The molecule has 20 heavy (non-hydrogen) atoms. The molecule has 0 amide bonds. The van der Waals surface area contributed by atoms with Crippen molar-refractivity contribution in [1.82, 2.24) is 0 Å². The van der Waals surface area contributed by atoms with E-state index in [-0.39, 0.29) is 5.78 Å². The van der Waals surface area contributed by atoms with Crippen molar-refractivity contribution in [2.24, 2.45) is 0 Å². The van der Waals surface area contributed by atoms with Gasteiger partial charge in [-0.05, 0) is 38.0 Å². The first kappa shape index (κ1) is 13.4. The maximum absolute atomic E-state index is 11.5. The second kappa shape index (κ2) is 5.44. The molecule has 1 aromatic carbocycles. The molecule has 1 heterocycles. The van der Waals surface area contributed by atoms with E-state index in [2.05, 4.69) is 4.90 Å². The molecule has 3 rings (SSSR count). The highest BCUT2D eigenvalue weighted by Gasteiger charge is 2.34. The van der Waals surface area contributed by atoms with Crippen LogP contribution >= 0.6 is 0 Å². The van der Waals surface area contributed by atoms with Gasteiger partial charge in [-0.1, -0.05) is 12.8 Å². The Labute approximate surface area is 119 Å². The predicted molar refractivity (Wildman–Crippen MR) is 80.2 cm³/mol. The summed E-state index contributed by atoms with van der Waals surface area (Å²) >= 11 is 0. The summed E-state index contributed by atoms with van der Waals surface area (Å²) in [4.78, 5) is 13.9. The second-order valence-corrected chi connectivity index (χ2v) is 5.78. The van der Waals surface area contributed by atoms with Gasteiger partial charge in [-0.2, -0.15) is 0 Å². The number of nitrogen functional groups attached to an aromatic ring is 1. The van der Waals surface area contributed by atoms with Crippen LogP contribution < -0.4 is 10.6 Å². The molecule has 1 saturated heterocycles. The lowest BCUT2D eigenvalue weighted by atomic mass is 9.89. The molecule has 1 saturated carbocycles. The van der Waals surface area contributed by atoms with E-state index in [1.807, 2.05) is 18.2 Å². The smallest absolute Gasteiger partial charge is 0.161 e. The third-order valence-corrected chi connectivity index (χ3v) is 4.48. The van der Waals surface area contributed by atoms with Gasteiger partial charge in [0.1, 0.15) is 0 Å². The minimum Gasteiger partial charge on any atom is -0.398 e. The molecule has 4 nitrogen and oxygen atoms in total. The number of nitrogens with two attached hydrogens (primary N) is 1. The molecule has 1 aliphatic heterocycles. The van der Waals surface area contributed by atoms with Gasteiger partial charge in [-0.3, -0.25) is 4.79 Å². The molecule has 2 unspecified atom stereocenters. The number of carbonyl (C=O) groups is 1. The van der Waals surface area contributed by atoms with Crippen LogP contribution in [0.4, 0.5) is 11.4 Å². The number of ether oxygens (including phenoxy) is 1. The number of Topliss-reactive ketones (excluding diaryl/α,β-unsaturated/α-hetero) is 1. The lowest BCUT2D eigenvalue weighted by molar-refractivity contribution is -0.00867. The Morgan fingerprint density at radius 3 is 2.90 bits per heavy atom. The largest absolute Gasteiger partial charge is 0.398 e. The maximum Gasteiger partial charge on any atom is 0.161 e. The van der Waals surface area contributed by atoms with Crippen molar-refractivity contribution in [2.75, 3.05) is 23.8 Å². The zero-order chi connectivity index (χ0) is 14.1. The number of rotatable bonds is 2. The molecule has 2 atom stereocenters. The number of carbonyl (C=O) groups excluding carboxylic acids is 1. The Kier molecular flexibility index (Phi) is 3.66. The van der Waals surface area contributed by atoms with Gasteiger partial charge in [0.05, 0.1) is 18.8 Å². The number of hydrogen-bond acceptors (Lipinski definition) is 4. The van der Waals surface area contributed by atoms with E-state index in [9.17, 15) is 4.79 Å². The lowest BCUT2D eigenvalue weighted by Crippen LogP contribution is -2.52. The van der Waals surface area contributed by atoms with Crippen LogP contribution in [0.1, 0.15) is 43.0 Å². The summed E-state index contributed by atoms with van der Waals surface area (Å²) < 4.78 is 5.90. The Hall–Kier alpha value is -1.55. The van der Waals surface area contributed by atoms with Gasteiger partial charge in [0, 0.05) is 23.5 Å². The van der Waals surface area contributed by atoms with Crippen LogP contribution in [0, 0.1) is 0 Å². The third kappa shape index (κ3) is 2.40. The summed E-state index contributed by atoms with van der Waals surface area (Å²) in [5.41, 5.74) is 8.33. The second-order valence-electron chi connectivity index (χ2n) is 5.78. The molecule has 1 aromatic rings. The van der Waals surface area contributed by atoms with Gasteiger partial charge in [-0.15, -0.1) is 0 Å². The number of ketones is 1. The van der Waals surface area contributed by atoms with Crippen molar-refractivity contribution >= 4 is 17.2 Å². The van der Waals surface area contributed by atoms with Gasteiger partial charge >= 0.3 is 0 Å². The first-order valence-electron chi connectivity index (χ1n) is 7.45. The number of anilines is 2. The number of fused-ring (bicyclic) bond motifs is 1. The molecule has 0 aromatic heterocycles. The van der Waals surface area contributed by atoms with Crippen LogP contribution in [-0.2, 0) is 4.74 Å². The van der Waals surface area contributed by atoms with E-state index in [1.165, 1.54) is 19.3 Å². The van der Waals surface area contributed by atoms with Gasteiger partial charge in [0.15, 0.2) is 5.78 Å². The fourth-order valence-electron chi connectivity index (χ4n) is 3.47. The minimum atomic E-state index is 0.0200. The van der Waals surface area contributed by atoms with Crippen molar-refractivity contribution in [2.45, 2.75) is 44.8 Å². The van der Waals surface area contributed by atoms with E-state index in [0.29, 0.717) is 23.4 Å². The molecule has 108 valence electrons. The molecule has 2 fully saturated rings. The molecule has 2 N–H and O–H groups in total. The molecule has 2 aliphatic rings. The highest BCUT2D eigenvalue weighted by Crippen LogP contribution is 2.33. The Bertz CT molecular complexity index is 513. The van der Waals surface area contributed by atoms with E-state index < -0.39 is 0 Å². The maximum atomic E-state index is 11.5. The Balaban J connectivity index is 1.87. The first-order valence-corrected chi connectivity index (χ1v) is 7.45. The summed E-state index contributed by atoms with van der Waals surface area (Å²) in [6.07, 6.45) is 5.22. The number of morpholine rings is 1. The van der Waals surface area contributed by atoms with Gasteiger partial charge < -0.3 is 15.4 Å². The fraction of sp³-hybridized carbons (Fsp3) is 0.562. The molecule has 4 heteroatoms. The normalized spacial score (nSPS) is 26.1. The van der Waals surface area contributed by atoms with Gasteiger partial charge in [0.2, 0.25) is 0 Å². The Morgan fingerprint density at radius 2 is 2.15 bits per heavy atom. The minimum absolute atomic E-state index is 0.0200. The highest BCUT2D eigenvalue weighted by molar-refractivity contribution is 5.99. The number of benzene rings is 1. The fourth-order valence-corrected chi connectivity index (χ4v) is 3.47. The van der Waals surface area contributed by atoms with Crippen LogP contribution in [0.3, 0.4) is 0 Å². The summed E-state index contributed by atoms with van der Waals surface area (Å²) in [5, 5.41) is 0. The standard InChI is InChI=1S/C16H22N2O2/c1-11(19)13-7-6-12(10-14(13)17)18-8-9-20-16-5-3-2-4-15(16)18/h6-7,10,15-16H,2-5,8-9,17H2,1H3. The van der Waals surface area contributed by atoms with Crippen LogP contribution in [-0.4, -0.2) is 31.1 Å². The average molecular weight is 274 g/mol. The van der Waals surface area contributed by atoms with E-state index >= 15 is 0 Å². The monoisotopic (exact) mass is 274 g/mol. The van der Waals surface area contributed by atoms with Crippen molar-refractivity contribution in [3.8, 4) is 0 Å². The van der Waals surface area contributed by atoms with Crippen molar-refractivity contribution in [1.29, 1.82) is 0 Å². The highest BCUT2D eigenvalue weighted by atomic mass is 16.5. The molecular formula is C16H22N2O2. The summed E-state index contributed by atoms with van der Waals surface area (Å²) in [6, 6.07) is 6.26. The van der Waals surface area contributed by atoms with E-state index in [1.54, 1.807) is 6.92 Å². The number of nitrogens with zero attached hydrogens (tertiary/aromatic N) is 1. The van der Waals surface area contributed by atoms with Crippen molar-refractivity contribution in [3.63, 3.8) is 0 Å². The Morgan fingerprint density at radius 1 is 1.35 bits per heavy atom. The molecule has 0 radical (unpaired) electrons. The summed E-state index contributed by atoms with van der Waals surface area (Å²) in [6.45, 7) is 3.23. The molecule has 1 aliphatic carbocycles. The summed E-state index contributed by atoms with van der Waals surface area (Å²) in [7, 11) is 0. The van der Waals surface area contributed by atoms with Gasteiger partial charge in [-0.25, -0.2) is 0 Å². The quantitative estimate of drug-likeness (QED) is 0.665. The zero-order valence-corrected chi connectivity index (χ0v) is 12.0. The third-order valence-electron chi connectivity index (χ3n) is 4.48. The topological polar surface area (TPSA) is 55.6 Å². The summed E-state index contributed by atoms with van der Waals surface area (Å²) in [5.74, 6) is 0.0200. The zero-order valence-electron chi connectivity index (χ0n) is 12.0. The van der Waals surface area contributed by atoms with Crippen LogP contribution in [0.2, 0.25) is 0 Å². The molecule has 0 bridgehead atoms. The van der Waals surface area contributed by atoms with E-state index in [4.69, 9.17) is 10.5 Å².